The number of likely N-dealkylation sites (N-methyl/N-ethyl adjacent to an activating group) is 1. The van der Waals surface area contributed by atoms with Gasteiger partial charge in [0, 0.05) is 19.1 Å². The van der Waals surface area contributed by atoms with Crippen molar-refractivity contribution in [3.05, 3.63) is 0 Å². The first-order valence-electron chi connectivity index (χ1n) is 6.36. The molecule has 0 bridgehead atoms. The van der Waals surface area contributed by atoms with E-state index in [1.807, 2.05) is 0 Å². The highest BCUT2D eigenvalue weighted by atomic mass is 15.2. The first-order chi connectivity index (χ1) is 7.24. The molecule has 0 spiro atoms. The molecular formula is C12H27N3. The van der Waals surface area contributed by atoms with Gasteiger partial charge in [0.1, 0.15) is 0 Å². The van der Waals surface area contributed by atoms with Gasteiger partial charge in [-0.1, -0.05) is 0 Å². The summed E-state index contributed by atoms with van der Waals surface area (Å²) in [6.07, 6.45) is 5.17. The molecule has 2 N–H and O–H groups in total. The largest absolute Gasteiger partial charge is 0.330 e. The Bertz CT molecular complexity index is 155. The van der Waals surface area contributed by atoms with E-state index in [2.05, 4.69) is 23.8 Å². The summed E-state index contributed by atoms with van der Waals surface area (Å²) in [5.74, 6) is 0. The molecule has 1 unspecified atom stereocenters. The molecule has 90 valence electrons. The Labute approximate surface area is 94.6 Å². The molecule has 1 saturated heterocycles. The molecule has 0 aliphatic carbocycles. The number of nitrogens with zero attached hydrogens (tertiary/aromatic N) is 2. The van der Waals surface area contributed by atoms with Crippen LogP contribution in [0.3, 0.4) is 0 Å². The van der Waals surface area contributed by atoms with Crippen LogP contribution in [0, 0.1) is 0 Å². The third-order valence-corrected chi connectivity index (χ3v) is 3.55. The van der Waals surface area contributed by atoms with Crippen molar-refractivity contribution in [1.29, 1.82) is 0 Å². The first-order valence-corrected chi connectivity index (χ1v) is 6.36. The van der Waals surface area contributed by atoms with Crippen LogP contribution in [0.15, 0.2) is 0 Å². The zero-order valence-corrected chi connectivity index (χ0v) is 10.4. The van der Waals surface area contributed by atoms with Crippen LogP contribution in [0.5, 0.6) is 0 Å². The minimum absolute atomic E-state index is 0.677. The van der Waals surface area contributed by atoms with Crippen LogP contribution in [0.4, 0.5) is 0 Å². The molecule has 1 aliphatic heterocycles. The Morgan fingerprint density at radius 1 is 1.33 bits per heavy atom. The van der Waals surface area contributed by atoms with Crippen molar-refractivity contribution in [2.24, 2.45) is 5.73 Å². The summed E-state index contributed by atoms with van der Waals surface area (Å²) in [5, 5.41) is 0. The van der Waals surface area contributed by atoms with Gasteiger partial charge in [-0.3, -0.25) is 0 Å². The van der Waals surface area contributed by atoms with E-state index in [4.69, 9.17) is 5.73 Å². The molecule has 3 nitrogen and oxygen atoms in total. The topological polar surface area (TPSA) is 32.5 Å². The maximum atomic E-state index is 5.52. The molecule has 1 fully saturated rings. The summed E-state index contributed by atoms with van der Waals surface area (Å²) >= 11 is 0. The number of rotatable bonds is 7. The highest BCUT2D eigenvalue weighted by molar-refractivity contribution is 4.70. The van der Waals surface area contributed by atoms with Crippen molar-refractivity contribution in [1.82, 2.24) is 9.80 Å². The fourth-order valence-corrected chi connectivity index (χ4v) is 2.16. The molecule has 0 aromatic heterocycles. The lowest BCUT2D eigenvalue weighted by Crippen LogP contribution is -2.36. The van der Waals surface area contributed by atoms with Crippen LogP contribution in [0.1, 0.15) is 32.6 Å². The van der Waals surface area contributed by atoms with Crippen LogP contribution in [-0.4, -0.2) is 55.6 Å². The fraction of sp³-hybridized carbons (Fsp3) is 1.00. The van der Waals surface area contributed by atoms with E-state index in [9.17, 15) is 0 Å². The van der Waals surface area contributed by atoms with Gasteiger partial charge in [-0.2, -0.15) is 0 Å². The summed E-state index contributed by atoms with van der Waals surface area (Å²) in [4.78, 5) is 5.04. The summed E-state index contributed by atoms with van der Waals surface area (Å²) in [7, 11) is 2.23. The average Bonchev–Trinajstić information content (AvgIpc) is 2.75. The van der Waals surface area contributed by atoms with E-state index >= 15 is 0 Å². The average molecular weight is 213 g/mol. The molecule has 0 aromatic rings. The van der Waals surface area contributed by atoms with Gasteiger partial charge >= 0.3 is 0 Å². The molecule has 0 saturated carbocycles. The standard InChI is InChI=1S/C12H27N3/c1-12(6-5-7-13)14(2)10-11-15-8-3-4-9-15/h12H,3-11,13H2,1-2H3. The fourth-order valence-electron chi connectivity index (χ4n) is 2.16. The summed E-state index contributed by atoms with van der Waals surface area (Å²) in [6.45, 7) is 8.19. The van der Waals surface area contributed by atoms with Crippen molar-refractivity contribution in [3.63, 3.8) is 0 Å². The lowest BCUT2D eigenvalue weighted by atomic mass is 10.1. The highest BCUT2D eigenvalue weighted by Gasteiger charge is 2.13. The lowest BCUT2D eigenvalue weighted by molar-refractivity contribution is 0.206. The lowest BCUT2D eigenvalue weighted by Gasteiger charge is -2.26. The van der Waals surface area contributed by atoms with Crippen LogP contribution in [0.25, 0.3) is 0 Å². The second kappa shape index (κ2) is 7.20. The molecule has 15 heavy (non-hydrogen) atoms. The monoisotopic (exact) mass is 213 g/mol. The zero-order valence-electron chi connectivity index (χ0n) is 10.4. The first kappa shape index (κ1) is 12.9. The number of hydrogen-bond acceptors (Lipinski definition) is 3. The maximum absolute atomic E-state index is 5.52. The molecule has 1 rings (SSSR count). The van der Waals surface area contributed by atoms with Crippen molar-refractivity contribution >= 4 is 0 Å². The van der Waals surface area contributed by atoms with E-state index in [-0.39, 0.29) is 0 Å². The van der Waals surface area contributed by atoms with Crippen molar-refractivity contribution in [3.8, 4) is 0 Å². The van der Waals surface area contributed by atoms with Crippen LogP contribution in [-0.2, 0) is 0 Å². The normalized spacial score (nSPS) is 20.0. The Balaban J connectivity index is 2.08. The Morgan fingerprint density at radius 3 is 2.60 bits per heavy atom. The smallest absolute Gasteiger partial charge is 0.0109 e. The minimum atomic E-state index is 0.677. The van der Waals surface area contributed by atoms with Crippen molar-refractivity contribution < 1.29 is 0 Å². The summed E-state index contributed by atoms with van der Waals surface area (Å²) in [5.41, 5.74) is 5.52. The van der Waals surface area contributed by atoms with E-state index in [0.717, 1.165) is 13.0 Å². The number of hydrogen-bond donors (Lipinski definition) is 1. The molecule has 1 heterocycles. The minimum Gasteiger partial charge on any atom is -0.330 e. The molecule has 0 amide bonds. The van der Waals surface area contributed by atoms with E-state index in [0.29, 0.717) is 6.04 Å². The Kier molecular flexibility index (Phi) is 6.22. The highest BCUT2D eigenvalue weighted by Crippen LogP contribution is 2.08. The second-order valence-corrected chi connectivity index (χ2v) is 4.81. The molecule has 0 radical (unpaired) electrons. The third-order valence-electron chi connectivity index (χ3n) is 3.55. The van der Waals surface area contributed by atoms with Gasteiger partial charge < -0.3 is 15.5 Å². The van der Waals surface area contributed by atoms with E-state index < -0.39 is 0 Å². The third kappa shape index (κ3) is 4.96. The van der Waals surface area contributed by atoms with Gasteiger partial charge in [-0.05, 0) is 59.3 Å². The van der Waals surface area contributed by atoms with Gasteiger partial charge in [0.15, 0.2) is 0 Å². The van der Waals surface area contributed by atoms with Crippen molar-refractivity contribution in [2.75, 3.05) is 39.8 Å². The van der Waals surface area contributed by atoms with Gasteiger partial charge in [0.2, 0.25) is 0 Å². The molecule has 0 aromatic carbocycles. The molecule has 1 atom stereocenters. The van der Waals surface area contributed by atoms with Crippen molar-refractivity contribution in [2.45, 2.75) is 38.6 Å². The molecule has 1 aliphatic rings. The van der Waals surface area contributed by atoms with Crippen LogP contribution < -0.4 is 5.73 Å². The number of nitrogens with two attached hydrogens (primary N) is 1. The zero-order chi connectivity index (χ0) is 11.1. The van der Waals surface area contributed by atoms with Gasteiger partial charge in [-0.25, -0.2) is 0 Å². The Morgan fingerprint density at radius 2 is 2.00 bits per heavy atom. The predicted octanol–water partition coefficient (Wildman–Crippen LogP) is 1.14. The van der Waals surface area contributed by atoms with E-state index in [1.54, 1.807) is 0 Å². The van der Waals surface area contributed by atoms with Gasteiger partial charge in [0.05, 0.1) is 0 Å². The quantitative estimate of drug-likeness (QED) is 0.688. The summed E-state index contributed by atoms with van der Waals surface area (Å²) < 4.78 is 0. The van der Waals surface area contributed by atoms with Gasteiger partial charge in [0.25, 0.3) is 0 Å². The second-order valence-electron chi connectivity index (χ2n) is 4.81. The molecular weight excluding hydrogens is 186 g/mol. The van der Waals surface area contributed by atoms with Crippen LogP contribution >= 0.6 is 0 Å². The SMILES string of the molecule is CC(CCCN)N(C)CCN1CCCC1. The Hall–Kier alpha value is -0.120. The molecule has 3 heteroatoms. The summed E-state index contributed by atoms with van der Waals surface area (Å²) in [6, 6.07) is 0.677. The predicted molar refractivity (Wildman–Crippen MR) is 66.1 cm³/mol. The van der Waals surface area contributed by atoms with Crippen LogP contribution in [0.2, 0.25) is 0 Å². The number of likely N-dealkylation sites (tertiary alicyclic amines) is 1. The maximum Gasteiger partial charge on any atom is 0.0109 e. The van der Waals surface area contributed by atoms with E-state index in [1.165, 1.54) is 45.4 Å². The van der Waals surface area contributed by atoms with Gasteiger partial charge in [-0.15, -0.1) is 0 Å².